The maximum atomic E-state index is 12.3. The van der Waals surface area contributed by atoms with Crippen LogP contribution in [0.5, 0.6) is 11.5 Å². The van der Waals surface area contributed by atoms with Gasteiger partial charge in [-0.2, -0.15) is 0 Å². The van der Waals surface area contributed by atoms with Gasteiger partial charge in [0.05, 0.1) is 17.7 Å². The molecule has 24 heavy (non-hydrogen) atoms. The molecule has 0 fully saturated rings. The average Bonchev–Trinajstić information content (AvgIpc) is 2.66. The molecule has 1 atom stereocenters. The SMILES string of the molecule is O=C(O)CC1NC(=O)c2cc(Oc3ccccc3)ccc2NC1=O. The number of fused-ring (bicyclic) bond motifs is 1. The first-order valence-electron chi connectivity index (χ1n) is 7.23. The molecule has 2 amide bonds. The van der Waals surface area contributed by atoms with Gasteiger partial charge in [0, 0.05) is 0 Å². The van der Waals surface area contributed by atoms with Crippen LogP contribution in [0, 0.1) is 0 Å². The van der Waals surface area contributed by atoms with Crippen molar-refractivity contribution in [1.29, 1.82) is 0 Å². The molecule has 0 saturated carbocycles. The van der Waals surface area contributed by atoms with Crippen LogP contribution >= 0.6 is 0 Å². The second-order valence-corrected chi connectivity index (χ2v) is 5.24. The summed E-state index contributed by atoms with van der Waals surface area (Å²) in [6.07, 6.45) is -0.487. The van der Waals surface area contributed by atoms with Gasteiger partial charge < -0.3 is 20.5 Å². The van der Waals surface area contributed by atoms with Gasteiger partial charge in [-0.05, 0) is 30.3 Å². The third-order valence-electron chi connectivity index (χ3n) is 3.47. The summed E-state index contributed by atoms with van der Waals surface area (Å²) in [5, 5.41) is 13.8. The minimum absolute atomic E-state index is 0.213. The fourth-order valence-corrected chi connectivity index (χ4v) is 2.35. The smallest absolute Gasteiger partial charge is 0.305 e. The minimum Gasteiger partial charge on any atom is -0.481 e. The van der Waals surface area contributed by atoms with E-state index < -0.39 is 30.2 Å². The molecule has 3 N–H and O–H groups in total. The van der Waals surface area contributed by atoms with E-state index in [0.29, 0.717) is 17.2 Å². The van der Waals surface area contributed by atoms with E-state index in [1.807, 2.05) is 18.2 Å². The Bertz CT molecular complexity index is 804. The van der Waals surface area contributed by atoms with Gasteiger partial charge in [-0.3, -0.25) is 14.4 Å². The van der Waals surface area contributed by atoms with Crippen LogP contribution in [0.4, 0.5) is 5.69 Å². The number of benzene rings is 2. The molecule has 1 heterocycles. The van der Waals surface area contributed by atoms with Crippen molar-refractivity contribution >= 4 is 23.5 Å². The summed E-state index contributed by atoms with van der Waals surface area (Å²) < 4.78 is 5.66. The Morgan fingerprint density at radius 2 is 1.83 bits per heavy atom. The third-order valence-corrected chi connectivity index (χ3v) is 3.47. The molecule has 7 heteroatoms. The number of nitrogens with one attached hydrogen (secondary N) is 2. The minimum atomic E-state index is -1.17. The molecule has 122 valence electrons. The number of hydrogen-bond donors (Lipinski definition) is 3. The topological polar surface area (TPSA) is 105 Å². The molecular formula is C17H14N2O5. The number of carboxylic acids is 1. The molecule has 0 saturated heterocycles. The molecule has 1 aliphatic rings. The van der Waals surface area contributed by atoms with Crippen molar-refractivity contribution in [3.63, 3.8) is 0 Å². The zero-order valence-corrected chi connectivity index (χ0v) is 12.5. The number of anilines is 1. The number of rotatable bonds is 4. The van der Waals surface area contributed by atoms with Gasteiger partial charge >= 0.3 is 5.97 Å². The molecule has 0 spiro atoms. The summed E-state index contributed by atoms with van der Waals surface area (Å²) in [7, 11) is 0. The highest BCUT2D eigenvalue weighted by Crippen LogP contribution is 2.28. The van der Waals surface area contributed by atoms with Crippen LogP contribution in [0.1, 0.15) is 16.8 Å². The van der Waals surface area contributed by atoms with E-state index in [9.17, 15) is 14.4 Å². The van der Waals surface area contributed by atoms with Crippen molar-refractivity contribution in [2.45, 2.75) is 12.5 Å². The Morgan fingerprint density at radius 1 is 1.08 bits per heavy atom. The predicted octanol–water partition coefficient (Wildman–Crippen LogP) is 2.00. The highest BCUT2D eigenvalue weighted by atomic mass is 16.5. The number of para-hydroxylation sites is 1. The van der Waals surface area contributed by atoms with Crippen LogP contribution in [0.25, 0.3) is 0 Å². The lowest BCUT2D eigenvalue weighted by molar-refractivity contribution is -0.139. The number of ether oxygens (including phenoxy) is 1. The predicted molar refractivity (Wildman–Crippen MR) is 85.1 cm³/mol. The molecule has 3 rings (SSSR count). The number of hydrogen-bond acceptors (Lipinski definition) is 4. The molecule has 2 aromatic rings. The molecule has 0 bridgehead atoms. The van der Waals surface area contributed by atoms with Crippen molar-refractivity contribution in [2.24, 2.45) is 0 Å². The summed E-state index contributed by atoms with van der Waals surface area (Å²) in [5.41, 5.74) is 0.524. The van der Waals surface area contributed by atoms with Gasteiger partial charge in [0.25, 0.3) is 5.91 Å². The van der Waals surface area contributed by atoms with Crippen molar-refractivity contribution in [1.82, 2.24) is 5.32 Å². The number of carbonyl (C=O) groups excluding carboxylic acids is 2. The zero-order valence-electron chi connectivity index (χ0n) is 12.5. The normalized spacial score (nSPS) is 16.4. The Labute approximate surface area is 137 Å². The van der Waals surface area contributed by atoms with Gasteiger partial charge in [0.15, 0.2) is 0 Å². The van der Waals surface area contributed by atoms with Gasteiger partial charge in [0.2, 0.25) is 5.91 Å². The van der Waals surface area contributed by atoms with Gasteiger partial charge in [-0.15, -0.1) is 0 Å². The maximum Gasteiger partial charge on any atom is 0.305 e. The molecule has 1 unspecified atom stereocenters. The fourth-order valence-electron chi connectivity index (χ4n) is 2.35. The van der Waals surface area contributed by atoms with E-state index in [1.165, 1.54) is 6.07 Å². The molecular weight excluding hydrogens is 312 g/mol. The van der Waals surface area contributed by atoms with Crippen LogP contribution in [0.2, 0.25) is 0 Å². The number of amides is 2. The van der Waals surface area contributed by atoms with E-state index >= 15 is 0 Å². The number of aliphatic carboxylic acids is 1. The molecule has 0 radical (unpaired) electrons. The molecule has 7 nitrogen and oxygen atoms in total. The fraction of sp³-hybridized carbons (Fsp3) is 0.118. The lowest BCUT2D eigenvalue weighted by Gasteiger charge is -2.11. The standard InChI is InChI=1S/C17H14N2O5/c20-15(21)9-14-17(23)18-13-7-6-11(8-12(13)16(22)19-14)24-10-4-2-1-3-5-10/h1-8,14H,9H2,(H,18,23)(H,19,22)(H,20,21). The molecule has 2 aromatic carbocycles. The van der Waals surface area contributed by atoms with Crippen LogP contribution in [0.15, 0.2) is 48.5 Å². The third kappa shape index (κ3) is 3.35. The Morgan fingerprint density at radius 3 is 2.54 bits per heavy atom. The van der Waals surface area contributed by atoms with Crippen LogP contribution in [-0.2, 0) is 9.59 Å². The van der Waals surface area contributed by atoms with E-state index in [4.69, 9.17) is 9.84 Å². The second kappa shape index (κ2) is 6.41. The highest BCUT2D eigenvalue weighted by Gasteiger charge is 2.29. The van der Waals surface area contributed by atoms with E-state index in [1.54, 1.807) is 24.3 Å². The summed E-state index contributed by atoms with van der Waals surface area (Å²) in [4.78, 5) is 35.1. The molecule has 0 aliphatic carbocycles. The first-order valence-corrected chi connectivity index (χ1v) is 7.23. The lowest BCUT2D eigenvalue weighted by Crippen LogP contribution is -2.42. The summed E-state index contributed by atoms with van der Waals surface area (Å²) in [5.74, 6) is -1.23. The summed E-state index contributed by atoms with van der Waals surface area (Å²) in [6, 6.07) is 12.6. The van der Waals surface area contributed by atoms with Crippen LogP contribution in [-0.4, -0.2) is 28.9 Å². The molecule has 0 aromatic heterocycles. The van der Waals surface area contributed by atoms with Crippen molar-refractivity contribution in [3.05, 3.63) is 54.1 Å². The van der Waals surface area contributed by atoms with Crippen LogP contribution < -0.4 is 15.4 Å². The van der Waals surface area contributed by atoms with E-state index in [2.05, 4.69) is 10.6 Å². The van der Waals surface area contributed by atoms with Gasteiger partial charge in [-0.25, -0.2) is 0 Å². The lowest BCUT2D eigenvalue weighted by atomic mass is 10.1. The second-order valence-electron chi connectivity index (χ2n) is 5.24. The van der Waals surface area contributed by atoms with Crippen LogP contribution in [0.3, 0.4) is 0 Å². The largest absolute Gasteiger partial charge is 0.481 e. The summed E-state index contributed by atoms with van der Waals surface area (Å²) in [6.45, 7) is 0. The first kappa shape index (κ1) is 15.5. The van der Waals surface area contributed by atoms with Crippen molar-refractivity contribution in [3.8, 4) is 11.5 Å². The monoisotopic (exact) mass is 326 g/mol. The molecule has 1 aliphatic heterocycles. The van der Waals surface area contributed by atoms with Crippen molar-refractivity contribution < 1.29 is 24.2 Å². The average molecular weight is 326 g/mol. The van der Waals surface area contributed by atoms with Gasteiger partial charge in [-0.1, -0.05) is 18.2 Å². The quantitative estimate of drug-likeness (QED) is 0.797. The van der Waals surface area contributed by atoms with Crippen molar-refractivity contribution in [2.75, 3.05) is 5.32 Å². The Hall–Kier alpha value is -3.35. The Balaban J connectivity index is 1.86. The maximum absolute atomic E-state index is 12.3. The summed E-state index contributed by atoms with van der Waals surface area (Å²) >= 11 is 0. The van der Waals surface area contributed by atoms with E-state index in [-0.39, 0.29) is 5.56 Å². The zero-order chi connectivity index (χ0) is 17.1. The highest BCUT2D eigenvalue weighted by molar-refractivity contribution is 6.10. The Kier molecular flexibility index (Phi) is 4.15. The number of carboxylic acid groups (broad SMARTS) is 1. The van der Waals surface area contributed by atoms with E-state index in [0.717, 1.165) is 0 Å². The number of carbonyl (C=O) groups is 3. The van der Waals surface area contributed by atoms with Gasteiger partial charge in [0.1, 0.15) is 17.5 Å². The first-order chi connectivity index (χ1) is 11.5.